The number of anilines is 3. The van der Waals surface area contributed by atoms with Gasteiger partial charge in [-0.3, -0.25) is 0 Å². The molecule has 1 aromatic heterocycles. The van der Waals surface area contributed by atoms with E-state index >= 15 is 0 Å². The molecule has 0 bridgehead atoms. The molecule has 0 unspecified atom stereocenters. The molecule has 22 aromatic rings. The number of aromatic nitrogens is 1. The van der Waals surface area contributed by atoms with E-state index in [-0.39, 0.29) is 5.41 Å². The molecule has 0 atom stereocenters. The Bertz CT molecular complexity index is 7680. The maximum absolute atomic E-state index is 2.47. The van der Waals surface area contributed by atoms with Crippen molar-refractivity contribution in [2.45, 2.75) is 19.3 Å². The lowest BCUT2D eigenvalue weighted by molar-refractivity contribution is 0.660. The van der Waals surface area contributed by atoms with Gasteiger partial charge in [0.15, 0.2) is 0 Å². The molecule has 119 heavy (non-hydrogen) atoms. The zero-order valence-corrected chi connectivity index (χ0v) is 66.0. The molecule has 0 saturated heterocycles. The first-order valence-corrected chi connectivity index (χ1v) is 41.4. The molecule has 0 radical (unpaired) electrons. The summed E-state index contributed by atoms with van der Waals surface area (Å²) in [7, 11) is 0. The van der Waals surface area contributed by atoms with E-state index < -0.39 is 0 Å². The van der Waals surface area contributed by atoms with Crippen LogP contribution in [-0.2, 0) is 5.41 Å². The number of rotatable bonds is 13. The molecule has 23 rings (SSSR count). The molecule has 0 amide bonds. The van der Waals surface area contributed by atoms with E-state index in [1.807, 2.05) is 0 Å². The van der Waals surface area contributed by atoms with Crippen LogP contribution in [0, 0.1) is 0 Å². The van der Waals surface area contributed by atoms with Crippen LogP contribution in [0.5, 0.6) is 0 Å². The van der Waals surface area contributed by atoms with Gasteiger partial charge in [0, 0.05) is 38.9 Å². The third-order valence-corrected chi connectivity index (χ3v) is 25.6. The van der Waals surface area contributed by atoms with Crippen molar-refractivity contribution in [3.05, 3.63) is 448 Å². The molecule has 0 saturated carbocycles. The largest absolute Gasteiger partial charge is 0.310 e. The number of benzene rings is 21. The van der Waals surface area contributed by atoms with Crippen molar-refractivity contribution in [3.63, 3.8) is 0 Å². The van der Waals surface area contributed by atoms with Crippen molar-refractivity contribution in [1.82, 2.24) is 4.57 Å². The van der Waals surface area contributed by atoms with Gasteiger partial charge in [0.2, 0.25) is 0 Å². The highest BCUT2D eigenvalue weighted by Gasteiger charge is 2.37. The summed E-state index contributed by atoms with van der Waals surface area (Å²) < 4.78 is 2.46. The third kappa shape index (κ3) is 11.5. The zero-order chi connectivity index (χ0) is 78.8. The molecule has 2 heteroatoms. The highest BCUT2D eigenvalue weighted by molar-refractivity contribution is 6.20. The SMILES string of the molecule is CC1(C)c2cc(-c3cccc(-c4ccc(-c5cccc6ccccc56)c5c(-c6cccc7ccccc67)cccc45)c3)ccc2-c2ccc(N(c3ccc(-c4ccccc4)cc3)c3ccc(-c4ccc5c(c4)c4ccccc4n5-c4cccc(-c5ccc(-c6cccc7ccccc67)c6c(-c7cccc8ccccc78)cccc56)c4)cc3)cc21. The van der Waals surface area contributed by atoms with Crippen molar-refractivity contribution >= 4 is 104 Å². The monoisotopic (exact) mass is 1510 g/mol. The van der Waals surface area contributed by atoms with Crippen LogP contribution in [0.15, 0.2) is 437 Å². The summed E-state index contributed by atoms with van der Waals surface area (Å²) >= 11 is 0. The smallest absolute Gasteiger partial charge is 0.0541 e. The average Bonchev–Trinajstić information content (AvgIpc) is 1.55. The topological polar surface area (TPSA) is 8.17 Å². The maximum atomic E-state index is 2.47. The Morgan fingerprint density at radius 1 is 0.185 bits per heavy atom. The molecule has 1 heterocycles. The van der Waals surface area contributed by atoms with Gasteiger partial charge in [-0.15, -0.1) is 0 Å². The van der Waals surface area contributed by atoms with E-state index in [1.165, 1.54) is 187 Å². The molecule has 2 nitrogen and oxygen atoms in total. The number of para-hydroxylation sites is 1. The van der Waals surface area contributed by atoms with Gasteiger partial charge in [-0.1, -0.05) is 372 Å². The fourth-order valence-electron chi connectivity index (χ4n) is 19.9. The van der Waals surface area contributed by atoms with Gasteiger partial charge in [0.05, 0.1) is 11.0 Å². The first kappa shape index (κ1) is 69.3. The van der Waals surface area contributed by atoms with Crippen molar-refractivity contribution < 1.29 is 0 Å². The van der Waals surface area contributed by atoms with Gasteiger partial charge in [-0.2, -0.15) is 0 Å². The van der Waals surface area contributed by atoms with Crippen LogP contribution in [0.4, 0.5) is 17.1 Å². The molecular formula is C117H78N2. The Kier molecular flexibility index (Phi) is 16.3. The Morgan fingerprint density at radius 3 is 1.06 bits per heavy atom. The zero-order valence-electron chi connectivity index (χ0n) is 66.0. The van der Waals surface area contributed by atoms with Crippen LogP contribution in [0.2, 0.25) is 0 Å². The number of fused-ring (bicyclic) bond motifs is 12. The molecule has 0 spiro atoms. The Morgan fingerprint density at radius 2 is 0.513 bits per heavy atom. The highest BCUT2D eigenvalue weighted by Crippen LogP contribution is 2.54. The van der Waals surface area contributed by atoms with Gasteiger partial charge in [-0.05, 0) is 266 Å². The molecule has 1 aliphatic carbocycles. The standard InChI is InChI=1S/C117H78N2/c1-117(2)111-73-84(82-34-16-35-85(70-82)95-65-67-108(99-45-20-32-80-28-8-12-40-93(80)99)115-104(95)47-22-49-106(115)97-43-18-30-78-26-6-10-38-91(78)97)56-63-101(111)102-64-62-90(74-112(102)117)118(87-58-52-76(53-59-87)75-24-4-3-5-25-75)88-60-54-77(55-61-88)83-57-69-114-110(72-83)103-42-14-15-51-113(103)119(114)89-37-17-36-86(71-89)96-66-68-109(100-46-21-33-81-29-9-13-41-94(81)100)116-105(96)48-23-50-107(116)98-44-19-31-79-27-7-11-39-92(79)98/h3-74H,1-2H3. The van der Waals surface area contributed by atoms with Crippen LogP contribution >= 0.6 is 0 Å². The molecule has 0 N–H and O–H groups in total. The molecule has 0 fully saturated rings. The summed E-state index contributed by atoms with van der Waals surface area (Å²) in [4.78, 5) is 2.44. The van der Waals surface area contributed by atoms with Crippen LogP contribution < -0.4 is 4.90 Å². The average molecular weight is 1510 g/mol. The second kappa shape index (κ2) is 28.1. The minimum absolute atomic E-state index is 0.318. The van der Waals surface area contributed by atoms with E-state index in [0.29, 0.717) is 0 Å². The molecule has 1 aliphatic rings. The number of nitrogens with zero attached hydrogens (tertiary/aromatic N) is 2. The predicted molar refractivity (Wildman–Crippen MR) is 507 cm³/mol. The minimum atomic E-state index is -0.318. The lowest BCUT2D eigenvalue weighted by Gasteiger charge is -2.28. The summed E-state index contributed by atoms with van der Waals surface area (Å²) in [5, 5.41) is 17.3. The van der Waals surface area contributed by atoms with Crippen LogP contribution in [0.1, 0.15) is 25.0 Å². The van der Waals surface area contributed by atoms with Gasteiger partial charge in [-0.25, -0.2) is 0 Å². The maximum Gasteiger partial charge on any atom is 0.0541 e. The van der Waals surface area contributed by atoms with E-state index in [0.717, 1.165) is 45.0 Å². The van der Waals surface area contributed by atoms with Gasteiger partial charge in [0.1, 0.15) is 0 Å². The first-order chi connectivity index (χ1) is 58.8. The summed E-state index contributed by atoms with van der Waals surface area (Å²) in [5.74, 6) is 0. The van der Waals surface area contributed by atoms with Gasteiger partial charge < -0.3 is 9.47 Å². The van der Waals surface area contributed by atoms with Gasteiger partial charge >= 0.3 is 0 Å². The van der Waals surface area contributed by atoms with E-state index in [4.69, 9.17) is 0 Å². The minimum Gasteiger partial charge on any atom is -0.310 e. The summed E-state index contributed by atoms with van der Waals surface area (Å²) in [6, 6.07) is 163. The Balaban J connectivity index is 0.586. The summed E-state index contributed by atoms with van der Waals surface area (Å²) in [6.07, 6.45) is 0. The van der Waals surface area contributed by atoms with Crippen LogP contribution in [0.3, 0.4) is 0 Å². The van der Waals surface area contributed by atoms with Crippen molar-refractivity contribution in [2.75, 3.05) is 4.90 Å². The predicted octanol–water partition coefficient (Wildman–Crippen LogP) is 32.5. The van der Waals surface area contributed by atoms with Gasteiger partial charge in [0.25, 0.3) is 0 Å². The number of hydrogen-bond donors (Lipinski definition) is 0. The van der Waals surface area contributed by atoms with Crippen molar-refractivity contribution in [1.29, 1.82) is 0 Å². The van der Waals surface area contributed by atoms with Crippen LogP contribution in [0.25, 0.3) is 203 Å². The Labute approximate surface area is 692 Å². The number of hydrogen-bond acceptors (Lipinski definition) is 1. The van der Waals surface area contributed by atoms with Crippen molar-refractivity contribution in [3.8, 4) is 117 Å². The van der Waals surface area contributed by atoms with Crippen molar-refractivity contribution in [2.24, 2.45) is 0 Å². The summed E-state index contributed by atoms with van der Waals surface area (Å²) in [5.41, 5.74) is 33.2. The Hall–Kier alpha value is -15.2. The normalized spacial score (nSPS) is 12.4. The molecular weight excluding hydrogens is 1430 g/mol. The lowest BCUT2D eigenvalue weighted by Crippen LogP contribution is -2.16. The highest BCUT2D eigenvalue weighted by atomic mass is 15.1. The summed E-state index contributed by atoms with van der Waals surface area (Å²) in [6.45, 7) is 4.82. The lowest BCUT2D eigenvalue weighted by atomic mass is 9.81. The molecule has 21 aromatic carbocycles. The third-order valence-electron chi connectivity index (χ3n) is 25.6. The first-order valence-electron chi connectivity index (χ1n) is 41.4. The van der Waals surface area contributed by atoms with Crippen LogP contribution in [-0.4, -0.2) is 4.57 Å². The quantitative estimate of drug-likeness (QED) is 0.112. The second-order valence-electron chi connectivity index (χ2n) is 32.5. The van der Waals surface area contributed by atoms with E-state index in [2.05, 4.69) is 460 Å². The van der Waals surface area contributed by atoms with E-state index in [1.54, 1.807) is 0 Å². The fourth-order valence-corrected chi connectivity index (χ4v) is 19.9. The second-order valence-corrected chi connectivity index (χ2v) is 32.5. The molecule has 0 aliphatic heterocycles. The van der Waals surface area contributed by atoms with E-state index in [9.17, 15) is 0 Å². The fraction of sp³-hybridized carbons (Fsp3) is 0.0256. The molecule has 556 valence electrons.